The Bertz CT molecular complexity index is 384. The van der Waals surface area contributed by atoms with Crippen molar-refractivity contribution >= 4 is 5.78 Å². The number of hydrogen-bond acceptors (Lipinski definition) is 3. The predicted octanol–water partition coefficient (Wildman–Crippen LogP) is 1.49. The van der Waals surface area contributed by atoms with Gasteiger partial charge in [0.05, 0.1) is 12.7 Å². The van der Waals surface area contributed by atoms with Gasteiger partial charge in [-0.2, -0.15) is 0 Å². The van der Waals surface area contributed by atoms with Crippen LogP contribution in [0.5, 0.6) is 0 Å². The second kappa shape index (κ2) is 5.94. The highest BCUT2D eigenvalue weighted by Gasteiger charge is 2.17. The van der Waals surface area contributed by atoms with E-state index in [0.717, 1.165) is 18.7 Å². The lowest BCUT2D eigenvalue weighted by Gasteiger charge is -2.22. The molecule has 1 unspecified atom stereocenters. The first-order chi connectivity index (χ1) is 8.24. The molecular weight excluding hydrogens is 214 g/mol. The summed E-state index contributed by atoms with van der Waals surface area (Å²) in [5, 5.41) is 3.24. The molecule has 1 heterocycles. The predicted molar refractivity (Wildman–Crippen MR) is 67.1 cm³/mol. The molecule has 1 fully saturated rings. The lowest BCUT2D eigenvalue weighted by molar-refractivity contribution is -0.121. The van der Waals surface area contributed by atoms with E-state index in [1.807, 2.05) is 25.1 Å². The molecule has 0 amide bonds. The summed E-state index contributed by atoms with van der Waals surface area (Å²) >= 11 is 0. The molecule has 0 spiro atoms. The van der Waals surface area contributed by atoms with Crippen LogP contribution in [0.15, 0.2) is 24.3 Å². The molecule has 0 radical (unpaired) electrons. The Labute approximate surface area is 102 Å². The Morgan fingerprint density at radius 3 is 3.12 bits per heavy atom. The van der Waals surface area contributed by atoms with Crippen LogP contribution < -0.4 is 5.32 Å². The van der Waals surface area contributed by atoms with E-state index in [1.54, 1.807) is 0 Å². The van der Waals surface area contributed by atoms with Gasteiger partial charge in [0.15, 0.2) is 0 Å². The Morgan fingerprint density at radius 1 is 1.53 bits per heavy atom. The molecule has 92 valence electrons. The lowest BCUT2D eigenvalue weighted by Crippen LogP contribution is -2.39. The fraction of sp³-hybridized carbons (Fsp3) is 0.500. The van der Waals surface area contributed by atoms with E-state index in [0.29, 0.717) is 19.4 Å². The zero-order chi connectivity index (χ0) is 12.1. The van der Waals surface area contributed by atoms with Crippen molar-refractivity contribution in [2.45, 2.75) is 25.9 Å². The minimum Gasteiger partial charge on any atom is -0.375 e. The molecule has 1 atom stereocenters. The number of nitrogens with one attached hydrogen (secondary N) is 1. The molecule has 0 saturated carbocycles. The lowest BCUT2D eigenvalue weighted by atomic mass is 10.0. The molecule has 3 nitrogen and oxygen atoms in total. The summed E-state index contributed by atoms with van der Waals surface area (Å²) in [7, 11) is 0. The first-order valence-corrected chi connectivity index (χ1v) is 6.13. The number of aryl methyl sites for hydroxylation is 1. The molecule has 0 aliphatic carbocycles. The zero-order valence-electron chi connectivity index (χ0n) is 10.2. The molecule has 1 saturated heterocycles. The van der Waals surface area contributed by atoms with Crippen LogP contribution in [-0.4, -0.2) is 31.6 Å². The summed E-state index contributed by atoms with van der Waals surface area (Å²) in [6.45, 7) is 4.44. The second-order valence-electron chi connectivity index (χ2n) is 4.61. The van der Waals surface area contributed by atoms with Crippen LogP contribution in [0.4, 0.5) is 0 Å². The summed E-state index contributed by atoms with van der Waals surface area (Å²) in [6, 6.07) is 8.11. The Hall–Kier alpha value is -1.19. The van der Waals surface area contributed by atoms with Crippen molar-refractivity contribution in [1.29, 1.82) is 0 Å². The molecule has 0 bridgehead atoms. The number of carbonyl (C=O) groups excluding carboxylic acids is 1. The molecule has 1 aromatic carbocycles. The summed E-state index contributed by atoms with van der Waals surface area (Å²) < 4.78 is 5.53. The van der Waals surface area contributed by atoms with Gasteiger partial charge >= 0.3 is 0 Å². The second-order valence-corrected chi connectivity index (χ2v) is 4.61. The number of morpholine rings is 1. The van der Waals surface area contributed by atoms with Gasteiger partial charge in [-0.15, -0.1) is 0 Å². The third-order valence-electron chi connectivity index (χ3n) is 2.94. The SMILES string of the molecule is Cc1cccc(CC(=O)CC2CNCCO2)c1. The minimum absolute atomic E-state index is 0.0565. The van der Waals surface area contributed by atoms with Crippen molar-refractivity contribution in [3.8, 4) is 0 Å². The van der Waals surface area contributed by atoms with Gasteiger partial charge in [-0.25, -0.2) is 0 Å². The highest BCUT2D eigenvalue weighted by atomic mass is 16.5. The normalized spacial score (nSPS) is 20.2. The standard InChI is InChI=1S/C14H19NO2/c1-11-3-2-4-12(7-11)8-13(16)9-14-10-15-5-6-17-14/h2-4,7,14-15H,5-6,8-10H2,1H3. The fourth-order valence-corrected chi connectivity index (χ4v) is 2.13. The number of hydrogen-bond donors (Lipinski definition) is 1. The van der Waals surface area contributed by atoms with Crippen molar-refractivity contribution in [2.24, 2.45) is 0 Å². The molecule has 3 heteroatoms. The van der Waals surface area contributed by atoms with Crippen LogP contribution in [0.1, 0.15) is 17.5 Å². The van der Waals surface area contributed by atoms with Crippen LogP contribution >= 0.6 is 0 Å². The van der Waals surface area contributed by atoms with Gasteiger partial charge in [-0.05, 0) is 12.5 Å². The van der Waals surface area contributed by atoms with Gasteiger partial charge in [0.25, 0.3) is 0 Å². The van der Waals surface area contributed by atoms with E-state index in [9.17, 15) is 4.79 Å². The van der Waals surface area contributed by atoms with Crippen molar-refractivity contribution in [2.75, 3.05) is 19.7 Å². The number of ketones is 1. The molecule has 1 aliphatic rings. The van der Waals surface area contributed by atoms with Crippen molar-refractivity contribution < 1.29 is 9.53 Å². The van der Waals surface area contributed by atoms with Gasteiger partial charge in [0.2, 0.25) is 0 Å². The Balaban J connectivity index is 1.84. The molecule has 1 aromatic rings. The Morgan fingerprint density at radius 2 is 2.41 bits per heavy atom. The van der Waals surface area contributed by atoms with E-state index in [4.69, 9.17) is 4.74 Å². The van der Waals surface area contributed by atoms with E-state index in [2.05, 4.69) is 11.4 Å². The highest BCUT2D eigenvalue weighted by molar-refractivity contribution is 5.81. The molecule has 1 N–H and O–H groups in total. The zero-order valence-corrected chi connectivity index (χ0v) is 10.2. The van der Waals surface area contributed by atoms with Crippen molar-refractivity contribution in [3.05, 3.63) is 35.4 Å². The third-order valence-corrected chi connectivity index (χ3v) is 2.94. The summed E-state index contributed by atoms with van der Waals surface area (Å²) in [4.78, 5) is 11.9. The number of rotatable bonds is 4. The minimum atomic E-state index is 0.0565. The van der Waals surface area contributed by atoms with Crippen LogP contribution in [0.3, 0.4) is 0 Å². The van der Waals surface area contributed by atoms with Gasteiger partial charge in [0.1, 0.15) is 5.78 Å². The number of ether oxygens (including phenoxy) is 1. The maximum absolute atomic E-state index is 11.9. The third kappa shape index (κ3) is 3.95. The van der Waals surface area contributed by atoms with Crippen molar-refractivity contribution in [3.63, 3.8) is 0 Å². The monoisotopic (exact) mass is 233 g/mol. The number of Topliss-reactive ketones (excluding diaryl/α,β-unsaturated/α-hetero) is 1. The maximum Gasteiger partial charge on any atom is 0.139 e. The van der Waals surface area contributed by atoms with Gasteiger partial charge < -0.3 is 10.1 Å². The van der Waals surface area contributed by atoms with Crippen LogP contribution in [-0.2, 0) is 16.0 Å². The quantitative estimate of drug-likeness (QED) is 0.856. The molecule has 0 aromatic heterocycles. The molecular formula is C14H19NO2. The van der Waals surface area contributed by atoms with E-state index in [1.165, 1.54) is 5.56 Å². The first kappa shape index (κ1) is 12.3. The number of benzene rings is 1. The van der Waals surface area contributed by atoms with Gasteiger partial charge in [-0.1, -0.05) is 29.8 Å². The average molecular weight is 233 g/mol. The topological polar surface area (TPSA) is 38.3 Å². The Kier molecular flexibility index (Phi) is 4.29. The van der Waals surface area contributed by atoms with E-state index < -0.39 is 0 Å². The smallest absolute Gasteiger partial charge is 0.139 e. The summed E-state index contributed by atoms with van der Waals surface area (Å²) in [5.41, 5.74) is 2.30. The summed E-state index contributed by atoms with van der Waals surface area (Å²) in [5.74, 6) is 0.254. The van der Waals surface area contributed by atoms with Crippen LogP contribution in [0.25, 0.3) is 0 Å². The van der Waals surface area contributed by atoms with Gasteiger partial charge in [0, 0.05) is 25.9 Å². The van der Waals surface area contributed by atoms with E-state index >= 15 is 0 Å². The van der Waals surface area contributed by atoms with Gasteiger partial charge in [-0.3, -0.25) is 4.79 Å². The largest absolute Gasteiger partial charge is 0.375 e. The molecule has 2 rings (SSSR count). The molecule has 17 heavy (non-hydrogen) atoms. The van der Waals surface area contributed by atoms with Crippen LogP contribution in [0, 0.1) is 6.92 Å². The fourth-order valence-electron chi connectivity index (χ4n) is 2.13. The van der Waals surface area contributed by atoms with E-state index in [-0.39, 0.29) is 11.9 Å². The first-order valence-electron chi connectivity index (χ1n) is 6.13. The average Bonchev–Trinajstić information content (AvgIpc) is 2.30. The summed E-state index contributed by atoms with van der Waals surface area (Å²) in [6.07, 6.45) is 1.09. The van der Waals surface area contributed by atoms with Crippen molar-refractivity contribution in [1.82, 2.24) is 5.32 Å². The molecule has 1 aliphatic heterocycles. The van der Waals surface area contributed by atoms with Crippen LogP contribution in [0.2, 0.25) is 0 Å². The highest BCUT2D eigenvalue weighted by Crippen LogP contribution is 2.09. The maximum atomic E-state index is 11.9. The number of carbonyl (C=O) groups is 1.